The van der Waals surface area contributed by atoms with Gasteiger partial charge in [0.15, 0.2) is 0 Å². The van der Waals surface area contributed by atoms with Crippen LogP contribution in [0, 0.1) is 5.92 Å². The van der Waals surface area contributed by atoms with Gasteiger partial charge in [-0.1, -0.05) is 38.1 Å². The van der Waals surface area contributed by atoms with E-state index < -0.39 is 11.9 Å². The molecule has 0 saturated heterocycles. The molecule has 0 aliphatic rings. The Labute approximate surface area is 96.4 Å². The molecule has 3 heteroatoms. The lowest BCUT2D eigenvalue weighted by Gasteiger charge is -2.09. The number of rotatable bonds is 4. The summed E-state index contributed by atoms with van der Waals surface area (Å²) in [6.07, 6.45) is 1.04. The first kappa shape index (κ1) is 14.6. The van der Waals surface area contributed by atoms with Crippen molar-refractivity contribution in [2.45, 2.75) is 33.1 Å². The van der Waals surface area contributed by atoms with Crippen LogP contribution in [0.3, 0.4) is 0 Å². The summed E-state index contributed by atoms with van der Waals surface area (Å²) in [6, 6.07) is 7.87. The second-order valence-electron chi connectivity index (χ2n) is 4.40. The number of hydrogen-bond donors (Lipinski definition) is 1. The maximum atomic E-state index is 10.8. The Morgan fingerprint density at radius 2 is 1.69 bits per heavy atom. The molecule has 0 heterocycles. The van der Waals surface area contributed by atoms with Crippen molar-refractivity contribution in [1.29, 1.82) is 0 Å². The van der Waals surface area contributed by atoms with Gasteiger partial charge >= 0.3 is 5.97 Å². The van der Waals surface area contributed by atoms with Gasteiger partial charge in [0, 0.05) is 0 Å². The highest BCUT2D eigenvalue weighted by atomic mass is 16.4. The van der Waals surface area contributed by atoms with Gasteiger partial charge < -0.3 is 10.6 Å². The van der Waals surface area contributed by atoms with E-state index in [0.717, 1.165) is 12.0 Å². The first-order chi connectivity index (χ1) is 7.00. The first-order valence-electron chi connectivity index (χ1n) is 5.32. The van der Waals surface area contributed by atoms with Crippen LogP contribution in [0.25, 0.3) is 0 Å². The third kappa shape index (κ3) is 4.03. The maximum Gasteiger partial charge on any atom is 0.310 e. The SMILES string of the molecule is CC(C)Cc1ccc(C(C)C(=O)O)cc1.O. The van der Waals surface area contributed by atoms with E-state index in [1.807, 2.05) is 24.3 Å². The molecule has 0 bridgehead atoms. The van der Waals surface area contributed by atoms with Crippen molar-refractivity contribution in [1.82, 2.24) is 0 Å². The highest BCUT2D eigenvalue weighted by molar-refractivity contribution is 5.75. The standard InChI is InChI=1S/C13H18O2.H2O/c1-9(2)8-11-4-6-12(7-5-11)10(3)13(14)15;/h4-7,9-10H,8H2,1-3H3,(H,14,15);1H2. The summed E-state index contributed by atoms with van der Waals surface area (Å²) in [4.78, 5) is 10.8. The van der Waals surface area contributed by atoms with E-state index in [-0.39, 0.29) is 5.48 Å². The molecule has 0 radical (unpaired) electrons. The van der Waals surface area contributed by atoms with Crippen molar-refractivity contribution < 1.29 is 15.4 Å². The molecule has 0 aliphatic heterocycles. The molecule has 0 spiro atoms. The van der Waals surface area contributed by atoms with Crippen molar-refractivity contribution >= 4 is 5.97 Å². The molecular formula is C13H20O3. The predicted molar refractivity (Wildman–Crippen MR) is 64.6 cm³/mol. The molecule has 1 aromatic carbocycles. The summed E-state index contributed by atoms with van der Waals surface area (Å²) >= 11 is 0. The molecule has 16 heavy (non-hydrogen) atoms. The van der Waals surface area contributed by atoms with Gasteiger partial charge in [0.1, 0.15) is 0 Å². The van der Waals surface area contributed by atoms with Crippen molar-refractivity contribution in [3.05, 3.63) is 35.4 Å². The summed E-state index contributed by atoms with van der Waals surface area (Å²) in [5.41, 5.74) is 2.14. The summed E-state index contributed by atoms with van der Waals surface area (Å²) in [6.45, 7) is 6.06. The zero-order valence-corrected chi connectivity index (χ0v) is 10.0. The van der Waals surface area contributed by atoms with Crippen LogP contribution in [-0.2, 0) is 11.2 Å². The largest absolute Gasteiger partial charge is 0.481 e. The lowest BCUT2D eigenvalue weighted by molar-refractivity contribution is -0.138. The van der Waals surface area contributed by atoms with Crippen LogP contribution in [0.1, 0.15) is 37.8 Å². The summed E-state index contributed by atoms with van der Waals surface area (Å²) in [7, 11) is 0. The first-order valence-corrected chi connectivity index (χ1v) is 5.32. The molecule has 0 aromatic heterocycles. The maximum absolute atomic E-state index is 10.8. The Bertz CT molecular complexity index is 328. The minimum absolute atomic E-state index is 0. The number of benzene rings is 1. The predicted octanol–water partition coefficient (Wildman–Crippen LogP) is 2.25. The van der Waals surface area contributed by atoms with Crippen LogP contribution in [0.2, 0.25) is 0 Å². The molecule has 1 unspecified atom stereocenters. The van der Waals surface area contributed by atoms with Crippen molar-refractivity contribution in [2.24, 2.45) is 5.92 Å². The smallest absolute Gasteiger partial charge is 0.310 e. The minimum atomic E-state index is -0.772. The van der Waals surface area contributed by atoms with Gasteiger partial charge in [-0.2, -0.15) is 0 Å². The second kappa shape index (κ2) is 6.28. The lowest BCUT2D eigenvalue weighted by atomic mass is 9.97. The van der Waals surface area contributed by atoms with Gasteiger partial charge in [-0.05, 0) is 30.4 Å². The lowest BCUT2D eigenvalue weighted by Crippen LogP contribution is -2.07. The minimum Gasteiger partial charge on any atom is -0.481 e. The van der Waals surface area contributed by atoms with E-state index in [1.165, 1.54) is 5.56 Å². The number of carbonyl (C=O) groups is 1. The van der Waals surface area contributed by atoms with Crippen molar-refractivity contribution in [3.63, 3.8) is 0 Å². The van der Waals surface area contributed by atoms with Gasteiger partial charge in [0.25, 0.3) is 0 Å². The van der Waals surface area contributed by atoms with E-state index >= 15 is 0 Å². The van der Waals surface area contributed by atoms with E-state index in [1.54, 1.807) is 6.92 Å². The molecular weight excluding hydrogens is 204 g/mol. The molecule has 0 aliphatic carbocycles. The molecule has 0 amide bonds. The van der Waals surface area contributed by atoms with Gasteiger partial charge in [-0.25, -0.2) is 0 Å². The Morgan fingerprint density at radius 3 is 2.06 bits per heavy atom. The molecule has 3 nitrogen and oxygen atoms in total. The van der Waals surface area contributed by atoms with Gasteiger partial charge in [0.05, 0.1) is 5.92 Å². The number of aliphatic carboxylic acids is 1. The number of carboxylic acids is 1. The zero-order chi connectivity index (χ0) is 11.4. The Balaban J connectivity index is 0.00000225. The average molecular weight is 224 g/mol. The summed E-state index contributed by atoms with van der Waals surface area (Å²) < 4.78 is 0. The van der Waals surface area contributed by atoms with Crippen LogP contribution in [0.15, 0.2) is 24.3 Å². The molecule has 0 fully saturated rings. The van der Waals surface area contributed by atoms with Gasteiger partial charge in [-0.15, -0.1) is 0 Å². The average Bonchev–Trinajstić information content (AvgIpc) is 2.17. The van der Waals surface area contributed by atoms with Gasteiger partial charge in [0.2, 0.25) is 0 Å². The fourth-order valence-corrected chi connectivity index (χ4v) is 1.56. The Hall–Kier alpha value is -1.35. The van der Waals surface area contributed by atoms with Gasteiger partial charge in [-0.3, -0.25) is 4.79 Å². The summed E-state index contributed by atoms with van der Waals surface area (Å²) in [5, 5.41) is 8.85. The zero-order valence-electron chi connectivity index (χ0n) is 10.0. The second-order valence-corrected chi connectivity index (χ2v) is 4.40. The van der Waals surface area contributed by atoms with Crippen molar-refractivity contribution in [3.8, 4) is 0 Å². The van der Waals surface area contributed by atoms with E-state index in [0.29, 0.717) is 5.92 Å². The quantitative estimate of drug-likeness (QED) is 0.852. The third-order valence-corrected chi connectivity index (χ3v) is 2.49. The Kier molecular flexibility index (Phi) is 5.75. The van der Waals surface area contributed by atoms with Crippen LogP contribution in [0.5, 0.6) is 0 Å². The molecule has 0 saturated carbocycles. The van der Waals surface area contributed by atoms with E-state index in [4.69, 9.17) is 5.11 Å². The molecule has 1 rings (SSSR count). The molecule has 3 N–H and O–H groups in total. The van der Waals surface area contributed by atoms with Crippen LogP contribution in [-0.4, -0.2) is 16.6 Å². The fourth-order valence-electron chi connectivity index (χ4n) is 1.56. The fraction of sp³-hybridized carbons (Fsp3) is 0.462. The van der Waals surface area contributed by atoms with Crippen LogP contribution >= 0.6 is 0 Å². The van der Waals surface area contributed by atoms with E-state index in [2.05, 4.69) is 13.8 Å². The Morgan fingerprint density at radius 1 is 1.19 bits per heavy atom. The molecule has 90 valence electrons. The van der Waals surface area contributed by atoms with Crippen LogP contribution in [0.4, 0.5) is 0 Å². The van der Waals surface area contributed by atoms with Crippen molar-refractivity contribution in [2.75, 3.05) is 0 Å². The number of carboxylic acid groups (broad SMARTS) is 1. The topological polar surface area (TPSA) is 68.8 Å². The third-order valence-electron chi connectivity index (χ3n) is 2.49. The molecule has 1 aromatic rings. The normalized spacial score (nSPS) is 12.0. The molecule has 1 atom stereocenters. The summed E-state index contributed by atoms with van der Waals surface area (Å²) in [5.74, 6) is -0.558. The highest BCUT2D eigenvalue weighted by Gasteiger charge is 2.12. The number of hydrogen-bond acceptors (Lipinski definition) is 1. The highest BCUT2D eigenvalue weighted by Crippen LogP contribution is 2.17. The van der Waals surface area contributed by atoms with Crippen LogP contribution < -0.4 is 0 Å². The van der Waals surface area contributed by atoms with E-state index in [9.17, 15) is 4.79 Å². The monoisotopic (exact) mass is 224 g/mol.